The highest BCUT2D eigenvalue weighted by molar-refractivity contribution is 7.16. The van der Waals surface area contributed by atoms with Crippen molar-refractivity contribution in [2.45, 2.75) is 0 Å². The van der Waals surface area contributed by atoms with E-state index < -0.39 is 0 Å². The van der Waals surface area contributed by atoms with Crippen LogP contribution in [0.4, 0.5) is 5.13 Å². The second-order valence-corrected chi connectivity index (χ2v) is 3.20. The number of carbonyl (C=O) groups is 1. The number of ether oxygens (including phenoxy) is 1. The molecule has 1 heterocycles. The minimum absolute atomic E-state index is 0.272. The molecule has 0 bridgehead atoms. The van der Waals surface area contributed by atoms with Gasteiger partial charge in [-0.2, -0.15) is 0 Å². The van der Waals surface area contributed by atoms with Crippen LogP contribution in [0, 0.1) is 0 Å². The molecule has 0 aliphatic carbocycles. The second-order valence-electron chi connectivity index (χ2n) is 2.19. The number of hydrogen-bond acceptors (Lipinski definition) is 6. The van der Waals surface area contributed by atoms with Crippen LogP contribution in [0.2, 0.25) is 0 Å². The maximum atomic E-state index is 11.2. The summed E-state index contributed by atoms with van der Waals surface area (Å²) >= 11 is 1.06. The van der Waals surface area contributed by atoms with E-state index in [1.54, 1.807) is 7.11 Å². The van der Waals surface area contributed by atoms with Gasteiger partial charge in [-0.1, -0.05) is 11.3 Å². The Hall–Kier alpha value is -1.21. The van der Waals surface area contributed by atoms with E-state index in [9.17, 15) is 4.79 Å². The van der Waals surface area contributed by atoms with Crippen LogP contribution in [0.1, 0.15) is 9.80 Å². The van der Waals surface area contributed by atoms with Gasteiger partial charge in [0.2, 0.25) is 10.1 Å². The Morgan fingerprint density at radius 1 is 1.69 bits per heavy atom. The van der Waals surface area contributed by atoms with Crippen molar-refractivity contribution in [2.75, 3.05) is 26.0 Å². The molecule has 1 aromatic rings. The summed E-state index contributed by atoms with van der Waals surface area (Å²) < 4.78 is 4.76. The fraction of sp³-hybridized carbons (Fsp3) is 0.500. The molecule has 6 nitrogen and oxygen atoms in total. The lowest BCUT2D eigenvalue weighted by atomic mass is 10.6. The molecular weight excluding hydrogens is 192 g/mol. The number of nitrogens with one attached hydrogen (secondary N) is 1. The Labute approximate surface area is 79.1 Å². The predicted molar refractivity (Wildman–Crippen MR) is 48.5 cm³/mol. The lowest BCUT2D eigenvalue weighted by molar-refractivity contribution is 0.0936. The smallest absolute Gasteiger partial charge is 0.282 e. The highest BCUT2D eigenvalue weighted by Gasteiger charge is 2.09. The van der Waals surface area contributed by atoms with Gasteiger partial charge < -0.3 is 15.8 Å². The van der Waals surface area contributed by atoms with Gasteiger partial charge in [-0.25, -0.2) is 0 Å². The second kappa shape index (κ2) is 4.73. The van der Waals surface area contributed by atoms with Gasteiger partial charge in [-0.3, -0.25) is 4.79 Å². The number of nitrogen functional groups attached to an aromatic ring is 1. The summed E-state index contributed by atoms with van der Waals surface area (Å²) in [4.78, 5) is 11.2. The van der Waals surface area contributed by atoms with Crippen LogP contribution >= 0.6 is 11.3 Å². The number of methoxy groups -OCH3 is 1. The summed E-state index contributed by atoms with van der Waals surface area (Å²) in [5.41, 5.74) is 5.31. The van der Waals surface area contributed by atoms with Crippen LogP contribution in [0.15, 0.2) is 0 Å². The first kappa shape index (κ1) is 9.87. The van der Waals surface area contributed by atoms with E-state index in [-0.39, 0.29) is 16.0 Å². The number of amides is 1. The fourth-order valence-electron chi connectivity index (χ4n) is 0.669. The molecule has 1 aromatic heterocycles. The summed E-state index contributed by atoms with van der Waals surface area (Å²) in [7, 11) is 1.56. The third-order valence-electron chi connectivity index (χ3n) is 1.23. The Morgan fingerprint density at radius 2 is 2.46 bits per heavy atom. The van der Waals surface area contributed by atoms with Crippen LogP contribution in [-0.4, -0.2) is 36.4 Å². The molecule has 1 amide bonds. The van der Waals surface area contributed by atoms with E-state index in [2.05, 4.69) is 15.5 Å². The Morgan fingerprint density at radius 3 is 3.00 bits per heavy atom. The highest BCUT2D eigenvalue weighted by atomic mass is 32.1. The van der Waals surface area contributed by atoms with Crippen molar-refractivity contribution in [1.82, 2.24) is 15.5 Å². The zero-order valence-electron chi connectivity index (χ0n) is 7.11. The molecule has 13 heavy (non-hydrogen) atoms. The first-order chi connectivity index (χ1) is 6.24. The molecule has 3 N–H and O–H groups in total. The zero-order chi connectivity index (χ0) is 9.68. The van der Waals surface area contributed by atoms with Crippen LogP contribution in [0.3, 0.4) is 0 Å². The molecule has 0 saturated heterocycles. The number of carbonyl (C=O) groups excluding carboxylic acids is 1. The average molecular weight is 202 g/mol. The van der Waals surface area contributed by atoms with E-state index in [4.69, 9.17) is 10.5 Å². The molecule has 0 fully saturated rings. The largest absolute Gasteiger partial charge is 0.383 e. The molecular formula is C6H10N4O2S. The number of anilines is 1. The van der Waals surface area contributed by atoms with Gasteiger partial charge in [0.1, 0.15) is 0 Å². The predicted octanol–water partition coefficient (Wildman–Crippen LogP) is -0.504. The van der Waals surface area contributed by atoms with E-state index in [0.717, 1.165) is 11.3 Å². The summed E-state index contributed by atoms with van der Waals surface area (Å²) in [6.45, 7) is 0.925. The van der Waals surface area contributed by atoms with E-state index in [1.807, 2.05) is 0 Å². The number of nitrogens with two attached hydrogens (primary N) is 1. The molecule has 1 rings (SSSR count). The van der Waals surface area contributed by atoms with E-state index in [1.165, 1.54) is 0 Å². The van der Waals surface area contributed by atoms with Crippen LogP contribution in [0.25, 0.3) is 0 Å². The van der Waals surface area contributed by atoms with Crippen LogP contribution in [0.5, 0.6) is 0 Å². The van der Waals surface area contributed by atoms with Crippen molar-refractivity contribution >= 4 is 22.4 Å². The number of aromatic nitrogens is 2. The third-order valence-corrected chi connectivity index (χ3v) is 1.98. The maximum absolute atomic E-state index is 11.2. The Bertz CT molecular complexity index is 288. The molecule has 0 aromatic carbocycles. The zero-order valence-corrected chi connectivity index (χ0v) is 7.93. The number of nitrogens with zero attached hydrogens (tertiary/aromatic N) is 2. The SMILES string of the molecule is COCCNC(=O)c1nnc(N)s1. The molecule has 0 aliphatic heterocycles. The topological polar surface area (TPSA) is 90.1 Å². The van der Waals surface area contributed by atoms with Crippen molar-refractivity contribution < 1.29 is 9.53 Å². The van der Waals surface area contributed by atoms with Crippen LogP contribution in [-0.2, 0) is 4.74 Å². The van der Waals surface area contributed by atoms with Crippen molar-refractivity contribution in [1.29, 1.82) is 0 Å². The van der Waals surface area contributed by atoms with Crippen molar-refractivity contribution in [3.8, 4) is 0 Å². The first-order valence-electron chi connectivity index (χ1n) is 3.60. The molecule has 0 radical (unpaired) electrons. The summed E-state index contributed by atoms with van der Waals surface area (Å²) in [6.07, 6.45) is 0. The minimum atomic E-state index is -0.272. The number of hydrogen-bond donors (Lipinski definition) is 2. The van der Waals surface area contributed by atoms with Gasteiger partial charge >= 0.3 is 0 Å². The van der Waals surface area contributed by atoms with E-state index in [0.29, 0.717) is 13.2 Å². The third kappa shape index (κ3) is 2.96. The molecule has 0 atom stereocenters. The lowest BCUT2D eigenvalue weighted by Crippen LogP contribution is -2.26. The first-order valence-corrected chi connectivity index (χ1v) is 4.42. The summed E-state index contributed by atoms with van der Waals surface area (Å²) in [6, 6.07) is 0. The lowest BCUT2D eigenvalue weighted by Gasteiger charge is -1.99. The molecule has 0 unspecified atom stereocenters. The molecule has 72 valence electrons. The standard InChI is InChI=1S/C6H10N4O2S/c1-12-3-2-8-4(11)5-9-10-6(7)13-5/h2-3H2,1H3,(H2,7,10)(H,8,11). The molecule has 0 spiro atoms. The van der Waals surface area contributed by atoms with Gasteiger partial charge in [-0.05, 0) is 0 Å². The maximum Gasteiger partial charge on any atom is 0.282 e. The monoisotopic (exact) mass is 202 g/mol. The normalized spacial score (nSPS) is 9.92. The number of rotatable bonds is 4. The van der Waals surface area contributed by atoms with Gasteiger partial charge in [0.15, 0.2) is 0 Å². The Balaban J connectivity index is 2.40. The van der Waals surface area contributed by atoms with Crippen molar-refractivity contribution in [2.24, 2.45) is 0 Å². The van der Waals surface area contributed by atoms with Crippen molar-refractivity contribution in [3.63, 3.8) is 0 Å². The minimum Gasteiger partial charge on any atom is -0.383 e. The molecule has 7 heteroatoms. The van der Waals surface area contributed by atoms with Crippen LogP contribution < -0.4 is 11.1 Å². The molecule has 0 saturated carbocycles. The summed E-state index contributed by atoms with van der Waals surface area (Å²) in [5, 5.41) is 10.3. The highest BCUT2D eigenvalue weighted by Crippen LogP contribution is 2.09. The summed E-state index contributed by atoms with van der Waals surface area (Å²) in [5.74, 6) is -0.272. The Kier molecular flexibility index (Phi) is 3.59. The van der Waals surface area contributed by atoms with Crippen molar-refractivity contribution in [3.05, 3.63) is 5.01 Å². The van der Waals surface area contributed by atoms with Gasteiger partial charge in [0.25, 0.3) is 5.91 Å². The molecule has 0 aliphatic rings. The van der Waals surface area contributed by atoms with Gasteiger partial charge in [0.05, 0.1) is 6.61 Å². The average Bonchev–Trinajstić information content (AvgIpc) is 2.52. The van der Waals surface area contributed by atoms with Gasteiger partial charge in [-0.15, -0.1) is 10.2 Å². The quantitative estimate of drug-likeness (QED) is 0.642. The van der Waals surface area contributed by atoms with E-state index >= 15 is 0 Å². The fourth-order valence-corrected chi connectivity index (χ4v) is 1.19. The van der Waals surface area contributed by atoms with Gasteiger partial charge in [0, 0.05) is 13.7 Å².